The lowest BCUT2D eigenvalue weighted by Crippen LogP contribution is -2.17. The Kier molecular flexibility index (Phi) is 2.95. The van der Waals surface area contributed by atoms with Crippen molar-refractivity contribution in [3.63, 3.8) is 0 Å². The molecule has 86 valence electrons. The van der Waals surface area contributed by atoms with Crippen LogP contribution in [-0.4, -0.2) is 20.9 Å². The summed E-state index contributed by atoms with van der Waals surface area (Å²) in [4.78, 5) is 23.6. The number of rotatable bonds is 2. The number of nitrogen functional groups attached to an aromatic ring is 1. The van der Waals surface area contributed by atoms with Crippen molar-refractivity contribution < 1.29 is 4.79 Å². The quantitative estimate of drug-likeness (QED) is 0.801. The number of anilines is 2. The van der Waals surface area contributed by atoms with Gasteiger partial charge in [0.2, 0.25) is 0 Å². The number of pyridine rings is 1. The molecule has 0 aromatic carbocycles. The molecular formula is C11H11N5O. The monoisotopic (exact) mass is 229 g/mol. The molecule has 17 heavy (non-hydrogen) atoms. The molecule has 0 aliphatic heterocycles. The van der Waals surface area contributed by atoms with Crippen molar-refractivity contribution >= 4 is 17.5 Å². The van der Waals surface area contributed by atoms with Crippen LogP contribution in [0.1, 0.15) is 16.1 Å². The van der Waals surface area contributed by atoms with Gasteiger partial charge in [-0.15, -0.1) is 0 Å². The van der Waals surface area contributed by atoms with E-state index in [0.29, 0.717) is 5.82 Å². The number of hydrogen-bond acceptors (Lipinski definition) is 5. The van der Waals surface area contributed by atoms with E-state index in [-0.39, 0.29) is 11.5 Å². The molecule has 0 atom stereocenters. The van der Waals surface area contributed by atoms with Crippen LogP contribution in [0.3, 0.4) is 0 Å². The molecule has 0 aliphatic carbocycles. The minimum absolute atomic E-state index is 0.0950. The summed E-state index contributed by atoms with van der Waals surface area (Å²) >= 11 is 0. The third-order valence-electron chi connectivity index (χ3n) is 2.18. The predicted octanol–water partition coefficient (Wildman–Crippen LogP) is 1.01. The highest BCUT2D eigenvalue weighted by Gasteiger charge is 2.13. The maximum atomic E-state index is 11.9. The van der Waals surface area contributed by atoms with Crippen molar-refractivity contribution in [2.75, 3.05) is 11.1 Å². The highest BCUT2D eigenvalue weighted by Crippen LogP contribution is 2.12. The zero-order valence-corrected chi connectivity index (χ0v) is 9.21. The van der Waals surface area contributed by atoms with Crippen LogP contribution in [0.15, 0.2) is 30.7 Å². The molecule has 0 saturated carbocycles. The van der Waals surface area contributed by atoms with Gasteiger partial charge in [0, 0.05) is 18.6 Å². The summed E-state index contributed by atoms with van der Waals surface area (Å²) in [5.74, 6) is 0.165. The summed E-state index contributed by atoms with van der Waals surface area (Å²) in [7, 11) is 0. The fraction of sp³-hybridized carbons (Fsp3) is 0.0909. The zero-order chi connectivity index (χ0) is 12.3. The molecule has 0 aliphatic rings. The van der Waals surface area contributed by atoms with E-state index in [1.54, 1.807) is 12.3 Å². The number of carbonyl (C=O) groups excluding carboxylic acids is 1. The molecular weight excluding hydrogens is 218 g/mol. The molecule has 6 nitrogen and oxygen atoms in total. The summed E-state index contributed by atoms with van der Waals surface area (Å²) in [6, 6.07) is 3.64. The third kappa shape index (κ3) is 2.36. The van der Waals surface area contributed by atoms with Gasteiger partial charge in [-0.25, -0.2) is 15.0 Å². The fourth-order valence-corrected chi connectivity index (χ4v) is 1.31. The van der Waals surface area contributed by atoms with Crippen LogP contribution >= 0.6 is 0 Å². The molecule has 1 amide bonds. The molecule has 0 saturated heterocycles. The lowest BCUT2D eigenvalue weighted by molar-refractivity contribution is 0.102. The first kappa shape index (κ1) is 11.0. The van der Waals surface area contributed by atoms with E-state index in [1.165, 1.54) is 12.4 Å². The Hall–Kier alpha value is -2.50. The molecule has 0 bridgehead atoms. The molecule has 2 rings (SSSR count). The Morgan fingerprint density at radius 2 is 2.00 bits per heavy atom. The normalized spacial score (nSPS) is 9.94. The van der Waals surface area contributed by atoms with Crippen LogP contribution in [0.2, 0.25) is 0 Å². The van der Waals surface area contributed by atoms with Crippen molar-refractivity contribution in [1.29, 1.82) is 0 Å². The summed E-state index contributed by atoms with van der Waals surface area (Å²) in [5, 5.41) is 2.63. The second-order valence-electron chi connectivity index (χ2n) is 3.41. The standard InChI is InChI=1S/C11H11N5O/c1-7-3-2-4-15-10(7)16-11(17)8-9(12)14-6-5-13-8/h2-6H,1H3,(H2,12,14)(H,15,16,17). The zero-order valence-electron chi connectivity index (χ0n) is 9.21. The molecule has 0 radical (unpaired) electrons. The van der Waals surface area contributed by atoms with Crippen molar-refractivity contribution in [3.8, 4) is 0 Å². The van der Waals surface area contributed by atoms with Crippen LogP contribution in [0, 0.1) is 6.92 Å². The summed E-state index contributed by atoms with van der Waals surface area (Å²) in [5.41, 5.74) is 6.52. The van der Waals surface area contributed by atoms with Gasteiger partial charge in [-0.2, -0.15) is 0 Å². The smallest absolute Gasteiger partial charge is 0.279 e. The Morgan fingerprint density at radius 3 is 2.71 bits per heavy atom. The number of aryl methyl sites for hydroxylation is 1. The molecule has 2 heterocycles. The van der Waals surface area contributed by atoms with Crippen LogP contribution in [0.4, 0.5) is 11.6 Å². The number of amides is 1. The summed E-state index contributed by atoms with van der Waals surface area (Å²) in [6.07, 6.45) is 4.44. The van der Waals surface area contributed by atoms with Crippen LogP contribution in [-0.2, 0) is 0 Å². The Balaban J connectivity index is 2.24. The molecule has 2 aromatic heterocycles. The number of aromatic nitrogens is 3. The number of nitrogens with one attached hydrogen (secondary N) is 1. The minimum Gasteiger partial charge on any atom is -0.382 e. The van der Waals surface area contributed by atoms with Crippen LogP contribution in [0.5, 0.6) is 0 Å². The maximum absolute atomic E-state index is 11.9. The summed E-state index contributed by atoms with van der Waals surface area (Å²) < 4.78 is 0. The molecule has 0 fully saturated rings. The van der Waals surface area contributed by atoms with E-state index in [2.05, 4.69) is 20.3 Å². The second-order valence-corrected chi connectivity index (χ2v) is 3.41. The highest BCUT2D eigenvalue weighted by molar-refractivity contribution is 6.05. The number of hydrogen-bond donors (Lipinski definition) is 2. The van der Waals surface area contributed by atoms with Crippen LogP contribution < -0.4 is 11.1 Å². The van der Waals surface area contributed by atoms with Gasteiger partial charge in [0.25, 0.3) is 5.91 Å². The van der Waals surface area contributed by atoms with Crippen molar-refractivity contribution in [2.45, 2.75) is 6.92 Å². The number of nitrogens with two attached hydrogens (primary N) is 1. The summed E-state index contributed by atoms with van der Waals surface area (Å²) in [6.45, 7) is 1.85. The second kappa shape index (κ2) is 4.56. The topological polar surface area (TPSA) is 93.8 Å². The highest BCUT2D eigenvalue weighted by atomic mass is 16.2. The first-order chi connectivity index (χ1) is 8.18. The van der Waals surface area contributed by atoms with E-state index in [9.17, 15) is 4.79 Å². The first-order valence-electron chi connectivity index (χ1n) is 4.98. The van der Waals surface area contributed by atoms with E-state index >= 15 is 0 Å². The largest absolute Gasteiger partial charge is 0.382 e. The Bertz CT molecular complexity index is 555. The van der Waals surface area contributed by atoms with E-state index in [0.717, 1.165) is 5.56 Å². The number of nitrogens with zero attached hydrogens (tertiary/aromatic N) is 3. The van der Waals surface area contributed by atoms with Gasteiger partial charge in [0.1, 0.15) is 5.82 Å². The third-order valence-corrected chi connectivity index (χ3v) is 2.18. The lowest BCUT2D eigenvalue weighted by atomic mass is 10.3. The maximum Gasteiger partial charge on any atom is 0.279 e. The van der Waals surface area contributed by atoms with Crippen molar-refractivity contribution in [2.24, 2.45) is 0 Å². The SMILES string of the molecule is Cc1cccnc1NC(=O)c1nccnc1N. The van der Waals surface area contributed by atoms with E-state index in [1.807, 2.05) is 13.0 Å². The average molecular weight is 229 g/mol. The van der Waals surface area contributed by atoms with Gasteiger partial charge >= 0.3 is 0 Å². The first-order valence-corrected chi connectivity index (χ1v) is 4.98. The van der Waals surface area contributed by atoms with Gasteiger partial charge in [-0.1, -0.05) is 6.07 Å². The fourth-order valence-electron chi connectivity index (χ4n) is 1.31. The molecule has 2 aromatic rings. The van der Waals surface area contributed by atoms with Crippen LogP contribution in [0.25, 0.3) is 0 Å². The van der Waals surface area contributed by atoms with Gasteiger partial charge in [-0.05, 0) is 18.6 Å². The van der Waals surface area contributed by atoms with Gasteiger partial charge in [0.15, 0.2) is 11.5 Å². The Labute approximate surface area is 97.9 Å². The minimum atomic E-state index is -0.419. The van der Waals surface area contributed by atoms with E-state index < -0.39 is 5.91 Å². The van der Waals surface area contributed by atoms with Gasteiger partial charge in [0.05, 0.1) is 0 Å². The van der Waals surface area contributed by atoms with Crippen molar-refractivity contribution in [1.82, 2.24) is 15.0 Å². The number of carbonyl (C=O) groups is 1. The molecule has 0 unspecified atom stereocenters. The lowest BCUT2D eigenvalue weighted by Gasteiger charge is -2.06. The molecule has 0 spiro atoms. The Morgan fingerprint density at radius 1 is 1.24 bits per heavy atom. The molecule has 3 N–H and O–H groups in total. The van der Waals surface area contributed by atoms with E-state index in [4.69, 9.17) is 5.73 Å². The predicted molar refractivity (Wildman–Crippen MR) is 63.4 cm³/mol. The average Bonchev–Trinajstić information content (AvgIpc) is 2.32. The molecule has 6 heteroatoms. The van der Waals surface area contributed by atoms with Crippen molar-refractivity contribution in [3.05, 3.63) is 42.0 Å². The van der Waals surface area contributed by atoms with Gasteiger partial charge in [-0.3, -0.25) is 4.79 Å². The van der Waals surface area contributed by atoms with Gasteiger partial charge < -0.3 is 11.1 Å².